The molecule has 0 aliphatic carbocycles. The van der Waals surface area contributed by atoms with Crippen molar-refractivity contribution in [2.75, 3.05) is 6.54 Å². The number of phenolic OH excluding ortho intramolecular Hbond substituents is 1. The number of rotatable bonds is 2. The van der Waals surface area contributed by atoms with Crippen LogP contribution in [0.2, 0.25) is 0 Å². The minimum atomic E-state index is -1.14. The van der Waals surface area contributed by atoms with Gasteiger partial charge in [0.1, 0.15) is 11.8 Å². The molecule has 0 bridgehead atoms. The van der Waals surface area contributed by atoms with Gasteiger partial charge in [-0.15, -0.1) is 0 Å². The molecule has 3 N–H and O–H groups in total. The molecule has 1 aromatic rings. The average molecular weight is 265 g/mol. The van der Waals surface area contributed by atoms with Crippen LogP contribution in [-0.2, 0) is 4.79 Å². The van der Waals surface area contributed by atoms with Gasteiger partial charge in [-0.2, -0.15) is 0 Å². The van der Waals surface area contributed by atoms with Crippen molar-refractivity contribution in [3.63, 3.8) is 0 Å². The number of carboxylic acid groups (broad SMARTS) is 1. The van der Waals surface area contributed by atoms with Gasteiger partial charge in [-0.1, -0.05) is 6.07 Å². The van der Waals surface area contributed by atoms with E-state index in [2.05, 4.69) is 0 Å². The number of hydrogen-bond acceptors (Lipinski definition) is 4. The van der Waals surface area contributed by atoms with Crippen LogP contribution in [0.25, 0.3) is 0 Å². The van der Waals surface area contributed by atoms with Crippen LogP contribution in [0.4, 0.5) is 0 Å². The number of aliphatic hydroxyl groups excluding tert-OH is 1. The van der Waals surface area contributed by atoms with Crippen molar-refractivity contribution in [3.8, 4) is 5.75 Å². The van der Waals surface area contributed by atoms with Crippen LogP contribution in [0.15, 0.2) is 18.2 Å². The third-order valence-corrected chi connectivity index (χ3v) is 3.28. The first-order chi connectivity index (χ1) is 8.90. The van der Waals surface area contributed by atoms with Gasteiger partial charge in [0.15, 0.2) is 0 Å². The number of carbonyl (C=O) groups is 2. The maximum atomic E-state index is 12.2. The zero-order valence-electron chi connectivity index (χ0n) is 10.4. The van der Waals surface area contributed by atoms with Gasteiger partial charge in [-0.25, -0.2) is 4.79 Å². The Bertz CT molecular complexity index is 528. The Hall–Kier alpha value is -2.08. The van der Waals surface area contributed by atoms with E-state index in [0.717, 1.165) is 4.90 Å². The van der Waals surface area contributed by atoms with Crippen molar-refractivity contribution in [1.82, 2.24) is 4.90 Å². The number of benzene rings is 1. The minimum absolute atomic E-state index is 0.00949. The van der Waals surface area contributed by atoms with Gasteiger partial charge in [0.25, 0.3) is 5.91 Å². The summed E-state index contributed by atoms with van der Waals surface area (Å²) in [5, 5.41) is 28.1. The molecule has 6 heteroatoms. The van der Waals surface area contributed by atoms with Gasteiger partial charge in [-0.3, -0.25) is 4.79 Å². The number of carbonyl (C=O) groups excluding carboxylic acids is 1. The van der Waals surface area contributed by atoms with E-state index in [9.17, 15) is 19.8 Å². The Morgan fingerprint density at radius 2 is 2.05 bits per heavy atom. The molecule has 1 aliphatic heterocycles. The zero-order valence-corrected chi connectivity index (χ0v) is 10.4. The molecule has 0 radical (unpaired) electrons. The normalized spacial score (nSPS) is 22.5. The molecule has 0 unspecified atom stereocenters. The summed E-state index contributed by atoms with van der Waals surface area (Å²) in [5.41, 5.74) is 0.844. The van der Waals surface area contributed by atoms with Crippen LogP contribution in [0, 0.1) is 6.92 Å². The molecule has 6 nitrogen and oxygen atoms in total. The molecule has 1 heterocycles. The van der Waals surface area contributed by atoms with E-state index in [0.29, 0.717) is 5.56 Å². The first-order valence-electron chi connectivity index (χ1n) is 5.91. The fourth-order valence-electron chi connectivity index (χ4n) is 2.18. The number of amides is 1. The lowest BCUT2D eigenvalue weighted by atomic mass is 10.1. The van der Waals surface area contributed by atoms with Gasteiger partial charge >= 0.3 is 5.97 Å². The number of hydrogen-bond donors (Lipinski definition) is 3. The van der Waals surface area contributed by atoms with Gasteiger partial charge in [-0.05, 0) is 24.6 Å². The van der Waals surface area contributed by atoms with Crippen molar-refractivity contribution in [3.05, 3.63) is 29.3 Å². The molecule has 0 spiro atoms. The Labute approximate surface area is 109 Å². The molecule has 102 valence electrons. The molecular weight excluding hydrogens is 250 g/mol. The third kappa shape index (κ3) is 2.53. The summed E-state index contributed by atoms with van der Waals surface area (Å²) < 4.78 is 0. The summed E-state index contributed by atoms with van der Waals surface area (Å²) >= 11 is 0. The first kappa shape index (κ1) is 13.4. The maximum Gasteiger partial charge on any atom is 0.326 e. The van der Waals surface area contributed by atoms with E-state index < -0.39 is 24.0 Å². The van der Waals surface area contributed by atoms with Crippen molar-refractivity contribution < 1.29 is 24.9 Å². The summed E-state index contributed by atoms with van der Waals surface area (Å²) in [4.78, 5) is 24.4. The number of aryl methyl sites for hydroxylation is 1. The lowest BCUT2D eigenvalue weighted by Gasteiger charge is -2.21. The second-order valence-electron chi connectivity index (χ2n) is 4.70. The molecule has 0 saturated carbocycles. The summed E-state index contributed by atoms with van der Waals surface area (Å²) in [5.74, 6) is -1.65. The van der Waals surface area contributed by atoms with Crippen molar-refractivity contribution >= 4 is 11.9 Å². The Morgan fingerprint density at radius 3 is 2.63 bits per heavy atom. The summed E-state index contributed by atoms with van der Waals surface area (Å²) in [6.45, 7) is 1.69. The lowest BCUT2D eigenvalue weighted by molar-refractivity contribution is -0.141. The molecule has 2 rings (SSSR count). The highest BCUT2D eigenvalue weighted by Gasteiger charge is 2.39. The summed E-state index contributed by atoms with van der Waals surface area (Å²) in [7, 11) is 0. The molecule has 1 fully saturated rings. The van der Waals surface area contributed by atoms with Gasteiger partial charge in [0, 0.05) is 18.5 Å². The molecule has 1 amide bonds. The molecule has 1 aromatic carbocycles. The maximum absolute atomic E-state index is 12.2. The van der Waals surface area contributed by atoms with Gasteiger partial charge in [0.2, 0.25) is 0 Å². The highest BCUT2D eigenvalue weighted by atomic mass is 16.4. The smallest absolute Gasteiger partial charge is 0.326 e. The number of aliphatic carboxylic acids is 1. The fraction of sp³-hybridized carbons (Fsp3) is 0.385. The molecule has 1 saturated heterocycles. The van der Waals surface area contributed by atoms with Crippen molar-refractivity contribution in [2.24, 2.45) is 0 Å². The monoisotopic (exact) mass is 265 g/mol. The number of aromatic hydroxyl groups is 1. The number of β-amino-alcohol motifs (C(OH)–C–C–N with tert-alkyl or cyclic N) is 1. The second-order valence-corrected chi connectivity index (χ2v) is 4.70. The Balaban J connectivity index is 2.27. The van der Waals surface area contributed by atoms with E-state index in [-0.39, 0.29) is 24.3 Å². The van der Waals surface area contributed by atoms with Crippen molar-refractivity contribution in [1.29, 1.82) is 0 Å². The van der Waals surface area contributed by atoms with E-state index in [1.54, 1.807) is 13.0 Å². The topological polar surface area (TPSA) is 98.1 Å². The van der Waals surface area contributed by atoms with E-state index >= 15 is 0 Å². The largest absolute Gasteiger partial charge is 0.508 e. The number of nitrogens with zero attached hydrogens (tertiary/aromatic N) is 1. The molecule has 19 heavy (non-hydrogen) atoms. The molecule has 1 aliphatic rings. The SMILES string of the molecule is Cc1ccc(C(=O)N2C[C@@H](O)C[C@H]2C(=O)O)cc1O. The minimum Gasteiger partial charge on any atom is -0.508 e. The predicted octanol–water partition coefficient (Wildman–Crippen LogP) is 0.361. The van der Waals surface area contributed by atoms with Crippen LogP contribution in [0.3, 0.4) is 0 Å². The molecular formula is C13H15NO5. The van der Waals surface area contributed by atoms with Crippen LogP contribution >= 0.6 is 0 Å². The molecule has 0 aromatic heterocycles. The van der Waals surface area contributed by atoms with Crippen LogP contribution in [0.1, 0.15) is 22.3 Å². The number of phenols is 1. The standard InChI is InChI=1S/C13H15NO5/c1-7-2-3-8(4-11(7)16)12(17)14-6-9(15)5-10(14)13(18)19/h2-4,9-10,15-16H,5-6H2,1H3,(H,18,19)/t9-,10-/m0/s1. The number of carboxylic acids is 1. The Kier molecular flexibility index (Phi) is 3.44. The Morgan fingerprint density at radius 1 is 1.37 bits per heavy atom. The summed E-state index contributed by atoms with van der Waals surface area (Å²) in [6.07, 6.45) is -0.803. The highest BCUT2D eigenvalue weighted by Crippen LogP contribution is 2.23. The number of likely N-dealkylation sites (tertiary alicyclic amines) is 1. The average Bonchev–Trinajstić information content (AvgIpc) is 2.74. The zero-order chi connectivity index (χ0) is 14.2. The van der Waals surface area contributed by atoms with Crippen LogP contribution < -0.4 is 0 Å². The van der Waals surface area contributed by atoms with Gasteiger partial charge < -0.3 is 20.2 Å². The number of aliphatic hydroxyl groups is 1. The predicted molar refractivity (Wildman–Crippen MR) is 65.9 cm³/mol. The van der Waals surface area contributed by atoms with Crippen LogP contribution in [-0.4, -0.2) is 50.8 Å². The molecule has 2 atom stereocenters. The van der Waals surface area contributed by atoms with E-state index in [1.165, 1.54) is 12.1 Å². The summed E-state index contributed by atoms with van der Waals surface area (Å²) in [6, 6.07) is 3.40. The fourth-order valence-corrected chi connectivity index (χ4v) is 2.18. The van der Waals surface area contributed by atoms with Crippen LogP contribution in [0.5, 0.6) is 5.75 Å². The van der Waals surface area contributed by atoms with E-state index in [4.69, 9.17) is 5.11 Å². The third-order valence-electron chi connectivity index (χ3n) is 3.28. The highest BCUT2D eigenvalue weighted by molar-refractivity contribution is 5.97. The second kappa shape index (κ2) is 4.89. The quantitative estimate of drug-likeness (QED) is 0.717. The lowest BCUT2D eigenvalue weighted by Crippen LogP contribution is -2.40. The van der Waals surface area contributed by atoms with Crippen molar-refractivity contribution in [2.45, 2.75) is 25.5 Å². The van der Waals surface area contributed by atoms with Gasteiger partial charge in [0.05, 0.1) is 6.10 Å². The van der Waals surface area contributed by atoms with E-state index in [1.807, 2.05) is 0 Å². The first-order valence-corrected chi connectivity index (χ1v) is 5.91.